The van der Waals surface area contributed by atoms with Crippen LogP contribution in [0.1, 0.15) is 25.1 Å². The highest BCUT2D eigenvalue weighted by molar-refractivity contribution is 7.11. The van der Waals surface area contributed by atoms with Crippen LogP contribution < -0.4 is 0 Å². The molecule has 2 fully saturated rings. The third-order valence-corrected chi connectivity index (χ3v) is 6.73. The number of nitrogens with zero attached hydrogens (tertiary/aromatic N) is 3. The molecular formula is C21H29N3O3S. The molecule has 0 radical (unpaired) electrons. The van der Waals surface area contributed by atoms with E-state index in [1.807, 2.05) is 17.5 Å². The van der Waals surface area contributed by atoms with Gasteiger partial charge in [-0.2, -0.15) is 0 Å². The van der Waals surface area contributed by atoms with Gasteiger partial charge in [-0.25, -0.2) is 0 Å². The third-order valence-electron chi connectivity index (χ3n) is 5.84. The molecule has 0 aromatic carbocycles. The molecule has 2 unspecified atom stereocenters. The highest BCUT2D eigenvalue weighted by Crippen LogP contribution is 2.36. The van der Waals surface area contributed by atoms with E-state index in [4.69, 9.17) is 4.74 Å². The molecule has 4 heterocycles. The van der Waals surface area contributed by atoms with E-state index in [0.717, 1.165) is 44.3 Å². The molecule has 7 heteroatoms. The van der Waals surface area contributed by atoms with Gasteiger partial charge in [-0.05, 0) is 29.7 Å². The second-order valence-electron chi connectivity index (χ2n) is 8.27. The summed E-state index contributed by atoms with van der Waals surface area (Å²) in [6.45, 7) is 10.4. The Bertz CT molecular complexity index is 745. The number of rotatable bonds is 5. The maximum Gasteiger partial charge on any atom is 0.277 e. The fourth-order valence-electron chi connectivity index (χ4n) is 4.61. The minimum absolute atomic E-state index is 0.122. The maximum absolute atomic E-state index is 13.4. The van der Waals surface area contributed by atoms with Crippen LogP contribution in [0.4, 0.5) is 0 Å². The minimum Gasteiger partial charge on any atom is -0.379 e. The Morgan fingerprint density at radius 1 is 1.07 bits per heavy atom. The Morgan fingerprint density at radius 2 is 1.79 bits per heavy atom. The molecule has 0 spiro atoms. The predicted octanol–water partition coefficient (Wildman–Crippen LogP) is 2.14. The normalized spacial score (nSPS) is 27.2. The van der Waals surface area contributed by atoms with Crippen LogP contribution >= 0.6 is 11.3 Å². The summed E-state index contributed by atoms with van der Waals surface area (Å²) in [6.07, 6.45) is 1.17. The standard InChI is InChI=1S/C21H29N3O3S/c1-15-12-16(2)14-23(13-15)19-18(17-4-3-11-28-17)20(25)24(21(19)26)6-5-22-7-9-27-10-8-22/h3-4,11,15-16H,5-10,12-14H2,1-2H3. The summed E-state index contributed by atoms with van der Waals surface area (Å²) in [4.78, 5) is 33.5. The number of thiophene rings is 1. The van der Waals surface area contributed by atoms with Crippen molar-refractivity contribution in [3.63, 3.8) is 0 Å². The number of morpholine rings is 1. The van der Waals surface area contributed by atoms with Crippen molar-refractivity contribution in [2.75, 3.05) is 52.5 Å². The Labute approximate surface area is 170 Å². The number of piperidine rings is 1. The average Bonchev–Trinajstić information content (AvgIpc) is 3.27. The van der Waals surface area contributed by atoms with Crippen molar-refractivity contribution in [3.05, 3.63) is 28.1 Å². The summed E-state index contributed by atoms with van der Waals surface area (Å²) in [5.74, 6) is 0.779. The Hall–Kier alpha value is -1.70. The predicted molar refractivity (Wildman–Crippen MR) is 110 cm³/mol. The highest BCUT2D eigenvalue weighted by Gasteiger charge is 2.43. The summed E-state index contributed by atoms with van der Waals surface area (Å²) in [5.41, 5.74) is 1.22. The molecule has 3 aliphatic heterocycles. The fourth-order valence-corrected chi connectivity index (χ4v) is 5.38. The first-order chi connectivity index (χ1) is 13.5. The SMILES string of the molecule is CC1CC(C)CN(C2=C(c3cccs3)C(=O)N(CCN3CCOCC3)C2=O)C1. The lowest BCUT2D eigenvalue weighted by Crippen LogP contribution is -2.45. The summed E-state index contributed by atoms with van der Waals surface area (Å²) in [7, 11) is 0. The van der Waals surface area contributed by atoms with Gasteiger partial charge in [-0.3, -0.25) is 19.4 Å². The van der Waals surface area contributed by atoms with Crippen molar-refractivity contribution in [1.82, 2.24) is 14.7 Å². The molecule has 2 saturated heterocycles. The van der Waals surface area contributed by atoms with Crippen LogP contribution in [-0.2, 0) is 14.3 Å². The Balaban J connectivity index is 1.58. The van der Waals surface area contributed by atoms with Gasteiger partial charge in [-0.1, -0.05) is 19.9 Å². The van der Waals surface area contributed by atoms with E-state index < -0.39 is 0 Å². The first-order valence-corrected chi connectivity index (χ1v) is 11.1. The van der Waals surface area contributed by atoms with Crippen molar-refractivity contribution < 1.29 is 14.3 Å². The number of amides is 2. The van der Waals surface area contributed by atoms with Crippen LogP contribution in [0.15, 0.2) is 23.2 Å². The number of imide groups is 1. The monoisotopic (exact) mass is 403 g/mol. The van der Waals surface area contributed by atoms with Crippen molar-refractivity contribution in [2.24, 2.45) is 11.8 Å². The lowest BCUT2D eigenvalue weighted by Gasteiger charge is -2.37. The minimum atomic E-state index is -0.137. The van der Waals surface area contributed by atoms with Gasteiger partial charge in [0.25, 0.3) is 11.8 Å². The topological polar surface area (TPSA) is 53.1 Å². The zero-order valence-corrected chi connectivity index (χ0v) is 17.5. The van der Waals surface area contributed by atoms with Gasteiger partial charge in [0, 0.05) is 44.1 Å². The number of hydrogen-bond donors (Lipinski definition) is 0. The van der Waals surface area contributed by atoms with Gasteiger partial charge in [0.2, 0.25) is 0 Å². The molecular weight excluding hydrogens is 374 g/mol. The number of carbonyl (C=O) groups is 2. The summed E-state index contributed by atoms with van der Waals surface area (Å²) < 4.78 is 5.39. The van der Waals surface area contributed by atoms with E-state index in [0.29, 0.717) is 36.2 Å². The van der Waals surface area contributed by atoms with E-state index in [1.165, 1.54) is 22.7 Å². The second-order valence-corrected chi connectivity index (χ2v) is 9.22. The van der Waals surface area contributed by atoms with Crippen LogP contribution in [0.25, 0.3) is 5.57 Å². The summed E-state index contributed by atoms with van der Waals surface area (Å²) in [6, 6.07) is 3.90. The van der Waals surface area contributed by atoms with Gasteiger partial charge in [0.15, 0.2) is 0 Å². The van der Waals surface area contributed by atoms with Gasteiger partial charge in [-0.15, -0.1) is 11.3 Å². The van der Waals surface area contributed by atoms with Crippen LogP contribution in [0.3, 0.4) is 0 Å². The molecule has 1 aromatic heterocycles. The molecule has 28 heavy (non-hydrogen) atoms. The van der Waals surface area contributed by atoms with Crippen LogP contribution in [0.2, 0.25) is 0 Å². The van der Waals surface area contributed by atoms with Crippen molar-refractivity contribution in [1.29, 1.82) is 0 Å². The fraction of sp³-hybridized carbons (Fsp3) is 0.619. The van der Waals surface area contributed by atoms with Crippen LogP contribution in [0.5, 0.6) is 0 Å². The first-order valence-electron chi connectivity index (χ1n) is 10.2. The van der Waals surface area contributed by atoms with Crippen molar-refractivity contribution in [2.45, 2.75) is 20.3 Å². The largest absolute Gasteiger partial charge is 0.379 e. The van der Waals surface area contributed by atoms with E-state index in [9.17, 15) is 9.59 Å². The lowest BCUT2D eigenvalue weighted by atomic mass is 9.91. The molecule has 4 rings (SSSR count). The van der Waals surface area contributed by atoms with Gasteiger partial charge in [0.1, 0.15) is 5.70 Å². The smallest absolute Gasteiger partial charge is 0.277 e. The molecule has 0 saturated carbocycles. The molecule has 152 valence electrons. The molecule has 6 nitrogen and oxygen atoms in total. The number of ether oxygens (including phenoxy) is 1. The Kier molecular flexibility index (Phi) is 5.85. The zero-order chi connectivity index (χ0) is 19.7. The van der Waals surface area contributed by atoms with Crippen LogP contribution in [0, 0.1) is 11.8 Å². The number of likely N-dealkylation sites (tertiary alicyclic amines) is 1. The lowest BCUT2D eigenvalue weighted by molar-refractivity contribution is -0.138. The molecule has 2 amide bonds. The highest BCUT2D eigenvalue weighted by atomic mass is 32.1. The molecule has 3 aliphatic rings. The van der Waals surface area contributed by atoms with Crippen molar-refractivity contribution in [3.8, 4) is 0 Å². The number of hydrogen-bond acceptors (Lipinski definition) is 6. The quantitative estimate of drug-likeness (QED) is 0.705. The third kappa shape index (κ3) is 3.88. The molecule has 1 aromatic rings. The van der Waals surface area contributed by atoms with E-state index in [1.54, 1.807) is 0 Å². The molecule has 0 N–H and O–H groups in total. The molecule has 2 atom stereocenters. The Morgan fingerprint density at radius 3 is 2.43 bits per heavy atom. The first kappa shape index (κ1) is 19.6. The van der Waals surface area contributed by atoms with Crippen LogP contribution in [-0.4, -0.2) is 79.0 Å². The molecule has 0 aliphatic carbocycles. The molecule has 0 bridgehead atoms. The zero-order valence-electron chi connectivity index (χ0n) is 16.7. The average molecular weight is 404 g/mol. The summed E-state index contributed by atoms with van der Waals surface area (Å²) in [5, 5.41) is 1.97. The van der Waals surface area contributed by atoms with Gasteiger partial charge >= 0.3 is 0 Å². The number of carbonyl (C=O) groups excluding carboxylic acids is 2. The van der Waals surface area contributed by atoms with E-state index in [-0.39, 0.29) is 11.8 Å². The second kappa shape index (κ2) is 8.35. The van der Waals surface area contributed by atoms with Gasteiger partial charge < -0.3 is 9.64 Å². The van der Waals surface area contributed by atoms with E-state index in [2.05, 4.69) is 23.6 Å². The summed E-state index contributed by atoms with van der Waals surface area (Å²) >= 11 is 1.53. The van der Waals surface area contributed by atoms with Crippen molar-refractivity contribution >= 4 is 28.7 Å². The van der Waals surface area contributed by atoms with E-state index >= 15 is 0 Å². The maximum atomic E-state index is 13.4. The van der Waals surface area contributed by atoms with Gasteiger partial charge in [0.05, 0.1) is 18.8 Å².